The Bertz CT molecular complexity index is 584. The van der Waals surface area contributed by atoms with Crippen molar-refractivity contribution in [3.8, 4) is 5.75 Å². The second-order valence-electron chi connectivity index (χ2n) is 5.43. The Morgan fingerprint density at radius 3 is 2.50 bits per heavy atom. The first-order valence-corrected chi connectivity index (χ1v) is 6.64. The number of hydrogen-bond acceptors (Lipinski definition) is 6. The summed E-state index contributed by atoms with van der Waals surface area (Å²) in [5, 5.41) is 9.14. The molecule has 3 N–H and O–H groups in total. The van der Waals surface area contributed by atoms with Crippen molar-refractivity contribution in [3.05, 3.63) is 29.8 Å². The van der Waals surface area contributed by atoms with E-state index in [0.29, 0.717) is 5.56 Å². The van der Waals surface area contributed by atoms with Crippen LogP contribution >= 0.6 is 0 Å². The Labute approximate surface area is 124 Å². The van der Waals surface area contributed by atoms with E-state index in [-0.39, 0.29) is 17.2 Å². The lowest BCUT2D eigenvalue weighted by Gasteiger charge is -2.45. The van der Waals surface area contributed by atoms with Crippen LogP contribution in [0.4, 0.5) is 13.2 Å². The molecule has 1 aromatic rings. The summed E-state index contributed by atoms with van der Waals surface area (Å²) in [6, 6.07) is 5.29. The summed E-state index contributed by atoms with van der Waals surface area (Å²) in [7, 11) is 0. The Morgan fingerprint density at radius 1 is 1.36 bits per heavy atom. The topological polar surface area (TPSA) is 72.1 Å². The third-order valence-corrected chi connectivity index (χ3v) is 3.57. The first-order valence-electron chi connectivity index (χ1n) is 6.64. The van der Waals surface area contributed by atoms with Crippen molar-refractivity contribution in [1.29, 1.82) is 0 Å². The van der Waals surface area contributed by atoms with E-state index in [9.17, 15) is 13.2 Å². The molecule has 0 spiro atoms. The van der Waals surface area contributed by atoms with Gasteiger partial charge in [-0.3, -0.25) is 5.73 Å². The number of hydrazone groups is 1. The van der Waals surface area contributed by atoms with Gasteiger partial charge in [0.2, 0.25) is 12.2 Å². The van der Waals surface area contributed by atoms with E-state index in [0.717, 1.165) is 13.1 Å². The van der Waals surface area contributed by atoms with E-state index in [1.54, 1.807) is 5.01 Å². The average Bonchev–Trinajstić information content (AvgIpc) is 2.77. The van der Waals surface area contributed by atoms with E-state index in [2.05, 4.69) is 15.2 Å². The molecule has 0 aromatic heterocycles. The monoisotopic (exact) mass is 316 g/mol. The number of nitrogens with one attached hydrogen (secondary N) is 1. The molecule has 120 valence electrons. The van der Waals surface area contributed by atoms with Gasteiger partial charge in [0, 0.05) is 18.7 Å². The fourth-order valence-corrected chi connectivity index (χ4v) is 2.34. The van der Waals surface area contributed by atoms with Crippen LogP contribution in [0.1, 0.15) is 12.5 Å². The molecular weight excluding hydrogens is 301 g/mol. The van der Waals surface area contributed by atoms with E-state index >= 15 is 0 Å². The van der Waals surface area contributed by atoms with Crippen LogP contribution in [-0.2, 0) is 4.74 Å². The van der Waals surface area contributed by atoms with Crippen LogP contribution < -0.4 is 15.8 Å². The molecule has 1 saturated heterocycles. The van der Waals surface area contributed by atoms with Crippen LogP contribution in [0.2, 0.25) is 0 Å². The minimum atomic E-state index is -4.71. The second kappa shape index (κ2) is 5.03. The molecule has 9 heteroatoms. The third-order valence-electron chi connectivity index (χ3n) is 3.57. The molecule has 1 atom stereocenters. The molecule has 6 nitrogen and oxygen atoms in total. The minimum absolute atomic E-state index is 0.222. The summed E-state index contributed by atoms with van der Waals surface area (Å²) in [4.78, 5) is 0. The Kier molecular flexibility index (Phi) is 3.41. The SMILES string of the molecule is CC1(N2N=C(c3ccc(OC(F)(F)F)cc3)OC2N)CNC1. The standard InChI is InChI=1S/C13H15F3N4O2/c1-12(6-18-7-12)20-11(17)21-10(19-20)8-2-4-9(5-3-8)22-13(14,15)16/h2-5,11,18H,6-7,17H2,1H3. The maximum atomic E-state index is 12.1. The van der Waals surface area contributed by atoms with Gasteiger partial charge in [0.25, 0.3) is 0 Å². The summed E-state index contributed by atoms with van der Waals surface area (Å²) in [6.45, 7) is 3.47. The maximum Gasteiger partial charge on any atom is 0.573 e. The highest BCUT2D eigenvalue weighted by Crippen LogP contribution is 2.28. The predicted molar refractivity (Wildman–Crippen MR) is 71.8 cm³/mol. The van der Waals surface area contributed by atoms with Gasteiger partial charge in [-0.2, -0.15) is 0 Å². The Balaban J connectivity index is 1.75. The molecule has 0 bridgehead atoms. The van der Waals surface area contributed by atoms with Gasteiger partial charge in [-0.1, -0.05) is 0 Å². The molecule has 1 unspecified atom stereocenters. The molecule has 2 aliphatic heterocycles. The van der Waals surface area contributed by atoms with Crippen molar-refractivity contribution in [2.45, 2.75) is 25.2 Å². The molecule has 2 aliphatic rings. The lowest BCUT2D eigenvalue weighted by atomic mass is 9.95. The van der Waals surface area contributed by atoms with Crippen molar-refractivity contribution < 1.29 is 22.6 Å². The summed E-state index contributed by atoms with van der Waals surface area (Å²) < 4.78 is 45.7. The van der Waals surface area contributed by atoms with Crippen molar-refractivity contribution in [1.82, 2.24) is 10.3 Å². The summed E-state index contributed by atoms with van der Waals surface area (Å²) in [6.07, 6.45) is -5.43. The van der Waals surface area contributed by atoms with Gasteiger partial charge >= 0.3 is 6.36 Å². The molecule has 0 radical (unpaired) electrons. The van der Waals surface area contributed by atoms with Gasteiger partial charge in [-0.25, -0.2) is 5.01 Å². The van der Waals surface area contributed by atoms with Gasteiger partial charge in [-0.05, 0) is 31.2 Å². The Hall–Kier alpha value is -2.00. The fourth-order valence-electron chi connectivity index (χ4n) is 2.34. The molecule has 2 heterocycles. The van der Waals surface area contributed by atoms with Crippen LogP contribution in [0.15, 0.2) is 29.4 Å². The Morgan fingerprint density at radius 2 is 2.00 bits per heavy atom. The summed E-state index contributed by atoms with van der Waals surface area (Å²) in [5.41, 5.74) is 6.21. The van der Waals surface area contributed by atoms with Gasteiger partial charge in [0.15, 0.2) is 0 Å². The van der Waals surface area contributed by atoms with E-state index in [4.69, 9.17) is 10.5 Å². The molecule has 1 fully saturated rings. The molecule has 0 amide bonds. The van der Waals surface area contributed by atoms with Crippen molar-refractivity contribution >= 4 is 5.90 Å². The van der Waals surface area contributed by atoms with Crippen LogP contribution in [0.3, 0.4) is 0 Å². The number of halogens is 3. The average molecular weight is 316 g/mol. The highest BCUT2D eigenvalue weighted by atomic mass is 19.4. The normalized spacial score (nSPS) is 23.6. The zero-order valence-electron chi connectivity index (χ0n) is 11.7. The maximum absolute atomic E-state index is 12.1. The number of benzene rings is 1. The van der Waals surface area contributed by atoms with Gasteiger partial charge in [0.05, 0.1) is 5.54 Å². The van der Waals surface area contributed by atoms with E-state index in [1.807, 2.05) is 6.92 Å². The number of hydrogen-bond donors (Lipinski definition) is 2. The minimum Gasteiger partial charge on any atom is -0.437 e. The largest absolute Gasteiger partial charge is 0.573 e. The first-order chi connectivity index (χ1) is 10.3. The zero-order valence-corrected chi connectivity index (χ0v) is 11.7. The molecule has 3 rings (SSSR count). The van der Waals surface area contributed by atoms with Crippen molar-refractivity contribution in [2.24, 2.45) is 10.8 Å². The summed E-state index contributed by atoms with van der Waals surface area (Å²) in [5.74, 6) is -0.0228. The number of ether oxygens (including phenoxy) is 2. The molecule has 1 aromatic carbocycles. The smallest absolute Gasteiger partial charge is 0.437 e. The molecule has 0 aliphatic carbocycles. The molecule has 22 heavy (non-hydrogen) atoms. The van der Waals surface area contributed by atoms with Crippen LogP contribution in [0, 0.1) is 0 Å². The lowest BCUT2D eigenvalue weighted by Crippen LogP contribution is -2.68. The van der Waals surface area contributed by atoms with Gasteiger partial charge < -0.3 is 14.8 Å². The van der Waals surface area contributed by atoms with Crippen LogP contribution in [-0.4, -0.2) is 42.2 Å². The molecule has 0 saturated carbocycles. The first kappa shape index (κ1) is 14.9. The van der Waals surface area contributed by atoms with Crippen LogP contribution in [0.5, 0.6) is 5.75 Å². The zero-order chi connectivity index (χ0) is 16.0. The molecular formula is C13H15F3N4O2. The lowest BCUT2D eigenvalue weighted by molar-refractivity contribution is -0.274. The quantitative estimate of drug-likeness (QED) is 0.876. The third kappa shape index (κ3) is 2.81. The summed E-state index contributed by atoms with van der Waals surface area (Å²) >= 11 is 0. The number of alkyl halides is 3. The van der Waals surface area contributed by atoms with Crippen LogP contribution in [0.25, 0.3) is 0 Å². The fraction of sp³-hybridized carbons (Fsp3) is 0.462. The highest BCUT2D eigenvalue weighted by Gasteiger charge is 2.44. The van der Waals surface area contributed by atoms with Gasteiger partial charge in [-0.15, -0.1) is 18.3 Å². The number of nitrogens with two attached hydrogens (primary N) is 1. The predicted octanol–water partition coefficient (Wildman–Crippen LogP) is 1.18. The number of rotatable bonds is 3. The van der Waals surface area contributed by atoms with Crippen molar-refractivity contribution in [3.63, 3.8) is 0 Å². The van der Waals surface area contributed by atoms with Gasteiger partial charge in [0.1, 0.15) is 5.75 Å². The highest BCUT2D eigenvalue weighted by molar-refractivity contribution is 5.94. The van der Waals surface area contributed by atoms with Crippen molar-refractivity contribution in [2.75, 3.05) is 13.1 Å². The van der Waals surface area contributed by atoms with E-state index in [1.165, 1.54) is 24.3 Å². The second-order valence-corrected chi connectivity index (χ2v) is 5.43. The van der Waals surface area contributed by atoms with E-state index < -0.39 is 12.7 Å². The number of nitrogens with zero attached hydrogens (tertiary/aromatic N) is 2.